The van der Waals surface area contributed by atoms with Crippen molar-refractivity contribution in [3.63, 3.8) is 0 Å². The Hall–Kier alpha value is -9.50. The lowest BCUT2D eigenvalue weighted by Gasteiger charge is -2.32. The molecule has 2 aliphatic rings. The van der Waals surface area contributed by atoms with E-state index in [0.717, 1.165) is 28.3 Å². The predicted octanol–water partition coefficient (Wildman–Crippen LogP) is 18.8. The van der Waals surface area contributed by atoms with E-state index in [-0.39, 0.29) is 0 Å². The van der Waals surface area contributed by atoms with E-state index in [1.165, 1.54) is 105 Å². The number of anilines is 3. The average molecular weight is 927 g/mol. The van der Waals surface area contributed by atoms with Crippen molar-refractivity contribution in [1.82, 2.24) is 4.57 Å². The van der Waals surface area contributed by atoms with Crippen molar-refractivity contribution in [2.75, 3.05) is 4.90 Å². The molecule has 0 atom stereocenters. The van der Waals surface area contributed by atoms with E-state index in [9.17, 15) is 0 Å². The van der Waals surface area contributed by atoms with E-state index in [1.807, 2.05) is 0 Å². The molecule has 340 valence electrons. The van der Waals surface area contributed by atoms with Gasteiger partial charge in [0.05, 0.1) is 16.4 Å². The molecule has 0 amide bonds. The maximum Gasteiger partial charge on any atom is 0.0726 e. The second-order valence-corrected chi connectivity index (χ2v) is 19.5. The molecule has 1 heterocycles. The van der Waals surface area contributed by atoms with Crippen molar-refractivity contribution < 1.29 is 0 Å². The highest BCUT2D eigenvalue weighted by Crippen LogP contribution is 2.63. The van der Waals surface area contributed by atoms with Gasteiger partial charge < -0.3 is 9.47 Å². The molecule has 15 rings (SSSR count). The van der Waals surface area contributed by atoms with E-state index in [1.54, 1.807) is 0 Å². The number of aromatic nitrogens is 1. The zero-order valence-electron chi connectivity index (χ0n) is 40.0. The van der Waals surface area contributed by atoms with Crippen LogP contribution in [0.25, 0.3) is 93.9 Å². The van der Waals surface area contributed by atoms with Crippen LogP contribution in [0.15, 0.2) is 279 Å². The van der Waals surface area contributed by atoms with E-state index in [4.69, 9.17) is 0 Å². The van der Waals surface area contributed by atoms with E-state index in [0.29, 0.717) is 0 Å². The number of hydrogen-bond acceptors (Lipinski definition) is 1. The van der Waals surface area contributed by atoms with Gasteiger partial charge in [-0.2, -0.15) is 0 Å². The molecule has 1 spiro atoms. The van der Waals surface area contributed by atoms with Crippen molar-refractivity contribution in [2.24, 2.45) is 0 Å². The highest BCUT2D eigenvalue weighted by atomic mass is 15.1. The van der Waals surface area contributed by atoms with Crippen molar-refractivity contribution in [3.8, 4) is 61.3 Å². The molecule has 13 aromatic rings. The maximum atomic E-state index is 2.50. The van der Waals surface area contributed by atoms with Crippen molar-refractivity contribution in [2.45, 2.75) is 5.41 Å². The summed E-state index contributed by atoms with van der Waals surface area (Å²) in [6.07, 6.45) is 0. The van der Waals surface area contributed by atoms with Gasteiger partial charge in [0.15, 0.2) is 0 Å². The molecule has 0 unspecified atom stereocenters. The number of para-hydroxylation sites is 1. The monoisotopic (exact) mass is 926 g/mol. The Bertz CT molecular complexity index is 4240. The molecular formula is C71H46N2. The number of rotatable bonds is 7. The topological polar surface area (TPSA) is 8.17 Å². The Balaban J connectivity index is 0.932. The van der Waals surface area contributed by atoms with Crippen LogP contribution in [0.3, 0.4) is 0 Å². The second kappa shape index (κ2) is 16.3. The lowest BCUT2D eigenvalue weighted by atomic mass is 9.70. The van der Waals surface area contributed by atoms with Gasteiger partial charge in [0.2, 0.25) is 0 Å². The van der Waals surface area contributed by atoms with Crippen LogP contribution in [0.5, 0.6) is 0 Å². The van der Waals surface area contributed by atoms with Crippen LogP contribution in [0.2, 0.25) is 0 Å². The molecule has 0 bridgehead atoms. The number of fused-ring (bicyclic) bond motifs is 15. The number of nitrogens with zero attached hydrogens (tertiary/aromatic N) is 2. The molecule has 0 saturated carbocycles. The van der Waals surface area contributed by atoms with Crippen LogP contribution in [0.4, 0.5) is 17.1 Å². The molecule has 2 heteroatoms. The van der Waals surface area contributed by atoms with Gasteiger partial charge in [-0.05, 0) is 138 Å². The van der Waals surface area contributed by atoms with Gasteiger partial charge in [-0.15, -0.1) is 0 Å². The average Bonchev–Trinajstić information content (AvgIpc) is 4.15. The molecule has 2 aliphatic carbocycles. The normalized spacial score (nSPS) is 12.8. The molecule has 73 heavy (non-hydrogen) atoms. The molecule has 0 fully saturated rings. The Morgan fingerprint density at radius 1 is 0.274 bits per heavy atom. The summed E-state index contributed by atoms with van der Waals surface area (Å²) in [6.45, 7) is 0. The lowest BCUT2D eigenvalue weighted by molar-refractivity contribution is 0.793. The summed E-state index contributed by atoms with van der Waals surface area (Å²) >= 11 is 0. The zero-order valence-corrected chi connectivity index (χ0v) is 40.0. The summed E-state index contributed by atoms with van der Waals surface area (Å²) in [6, 6.07) is 103. The van der Waals surface area contributed by atoms with Crippen molar-refractivity contribution in [1.29, 1.82) is 0 Å². The lowest BCUT2D eigenvalue weighted by Crippen LogP contribution is -2.26. The zero-order chi connectivity index (χ0) is 48.0. The Morgan fingerprint density at radius 3 is 1.42 bits per heavy atom. The van der Waals surface area contributed by atoms with Gasteiger partial charge in [0.25, 0.3) is 0 Å². The fourth-order valence-corrected chi connectivity index (χ4v) is 12.7. The third-order valence-electron chi connectivity index (χ3n) is 15.8. The first-order valence-electron chi connectivity index (χ1n) is 25.3. The molecule has 12 aromatic carbocycles. The molecular weight excluding hydrogens is 881 g/mol. The minimum Gasteiger partial charge on any atom is -0.310 e. The summed E-state index contributed by atoms with van der Waals surface area (Å²) in [5, 5.41) is 4.99. The summed E-state index contributed by atoms with van der Waals surface area (Å²) in [4.78, 5) is 2.47. The first-order valence-corrected chi connectivity index (χ1v) is 25.3. The minimum absolute atomic E-state index is 0.468. The van der Waals surface area contributed by atoms with Crippen molar-refractivity contribution >= 4 is 49.6 Å². The number of benzene rings is 12. The van der Waals surface area contributed by atoms with Gasteiger partial charge in [-0.1, -0.05) is 224 Å². The Kier molecular flexibility index (Phi) is 9.21. The first-order chi connectivity index (χ1) is 36.2. The van der Waals surface area contributed by atoms with E-state index in [2.05, 4.69) is 289 Å². The van der Waals surface area contributed by atoms with Gasteiger partial charge in [-0.25, -0.2) is 0 Å². The molecule has 1 aromatic heterocycles. The minimum atomic E-state index is -0.468. The Labute approximate surface area is 425 Å². The maximum absolute atomic E-state index is 2.50. The SMILES string of the molecule is c1ccc(-c2ccc(N(c3ccc(-c4ccc5c6ccc7ccccc7c6n(-c6ccccc6)c5c4)cc3)c3ccc4c(c3)C3(c5ccccc5-c5ccccc53)c3ccccc3-4)cc2-c2ccccc2)cc1. The summed E-state index contributed by atoms with van der Waals surface area (Å²) in [5.41, 5.74) is 24.0. The van der Waals surface area contributed by atoms with Gasteiger partial charge in [-0.3, -0.25) is 0 Å². The quantitative estimate of drug-likeness (QED) is 0.155. The molecule has 0 radical (unpaired) electrons. The Morgan fingerprint density at radius 2 is 0.767 bits per heavy atom. The predicted molar refractivity (Wildman–Crippen MR) is 306 cm³/mol. The third-order valence-corrected chi connectivity index (χ3v) is 15.8. The smallest absolute Gasteiger partial charge is 0.0726 e. The van der Waals surface area contributed by atoms with Crippen molar-refractivity contribution in [3.05, 3.63) is 301 Å². The van der Waals surface area contributed by atoms with Crippen LogP contribution < -0.4 is 4.90 Å². The van der Waals surface area contributed by atoms with Crippen LogP contribution in [-0.4, -0.2) is 4.57 Å². The van der Waals surface area contributed by atoms with Crippen LogP contribution in [-0.2, 0) is 5.41 Å². The summed E-state index contributed by atoms with van der Waals surface area (Å²) in [5.74, 6) is 0. The highest BCUT2D eigenvalue weighted by Gasteiger charge is 2.51. The fourth-order valence-electron chi connectivity index (χ4n) is 12.7. The first kappa shape index (κ1) is 41.3. The molecule has 0 saturated heterocycles. The van der Waals surface area contributed by atoms with Gasteiger partial charge in [0, 0.05) is 38.9 Å². The van der Waals surface area contributed by atoms with E-state index < -0.39 is 5.41 Å². The molecule has 0 aliphatic heterocycles. The molecule has 0 N–H and O–H groups in total. The van der Waals surface area contributed by atoms with Crippen LogP contribution in [0.1, 0.15) is 22.3 Å². The highest BCUT2D eigenvalue weighted by molar-refractivity contribution is 6.19. The number of hydrogen-bond donors (Lipinski definition) is 0. The van der Waals surface area contributed by atoms with Crippen LogP contribution >= 0.6 is 0 Å². The fraction of sp³-hybridized carbons (Fsp3) is 0.0141. The second-order valence-electron chi connectivity index (χ2n) is 19.5. The molecule has 2 nitrogen and oxygen atoms in total. The van der Waals surface area contributed by atoms with Gasteiger partial charge >= 0.3 is 0 Å². The largest absolute Gasteiger partial charge is 0.310 e. The van der Waals surface area contributed by atoms with E-state index >= 15 is 0 Å². The summed E-state index contributed by atoms with van der Waals surface area (Å²) < 4.78 is 2.45. The van der Waals surface area contributed by atoms with Crippen LogP contribution in [0, 0.1) is 0 Å². The standard InChI is InChI=1S/C71H46N2/c1-4-18-48(19-5-1)56-42-38-54(45-64(56)49-20-6-2-7-21-49)72(55-39-43-61-60-28-14-17-31-67(60)71(68(61)46-55)65-29-15-12-26-58(65)59-27-13-16-30-66(59)71)53-36-32-47(33-37-53)51-35-40-62-63-41-34-50-22-10-11-25-57(50)70(63)73(69(62)44-51)52-23-8-3-9-24-52/h1-46H. The third kappa shape index (κ3) is 6.17. The van der Waals surface area contributed by atoms with Gasteiger partial charge in [0.1, 0.15) is 0 Å². The summed E-state index contributed by atoms with van der Waals surface area (Å²) in [7, 11) is 0.